The normalized spacial score (nSPS) is 16.9. The Bertz CT molecular complexity index is 1140. The van der Waals surface area contributed by atoms with Gasteiger partial charge in [0, 0.05) is 44.6 Å². The highest BCUT2D eigenvalue weighted by Gasteiger charge is 2.42. The number of likely N-dealkylation sites (tertiary alicyclic amines) is 1. The Morgan fingerprint density at radius 2 is 1.56 bits per heavy atom. The number of hydrogen-bond acceptors (Lipinski definition) is 3. The quantitative estimate of drug-likeness (QED) is 0.552. The van der Waals surface area contributed by atoms with Crippen LogP contribution in [0, 0.1) is 6.92 Å². The summed E-state index contributed by atoms with van der Waals surface area (Å²) in [6.07, 6.45) is -2.29. The first-order chi connectivity index (χ1) is 17.1. The number of amides is 2. The zero-order valence-electron chi connectivity index (χ0n) is 20.4. The minimum Gasteiger partial charge on any atom is -0.343 e. The molecule has 192 valence electrons. The van der Waals surface area contributed by atoms with Crippen LogP contribution in [-0.2, 0) is 22.4 Å². The standard InChI is InChI=1S/C28H31F3N2O3/c1-19-3-2-4-22(17-19)21-9-13-32(14-10-21)26(35)8-7-25(34)24-6-5-20-11-15-33(16-12-23(20)18-24)27(36)28(29,30)31/h2-6,17-18,21H,7-16H2,1H3. The summed E-state index contributed by atoms with van der Waals surface area (Å²) < 4.78 is 38.4. The maximum atomic E-state index is 12.8. The Morgan fingerprint density at radius 1 is 0.861 bits per heavy atom. The number of rotatable bonds is 5. The predicted octanol–water partition coefficient (Wildman–Crippen LogP) is 4.85. The van der Waals surface area contributed by atoms with E-state index >= 15 is 0 Å². The molecule has 0 spiro atoms. The first-order valence-corrected chi connectivity index (χ1v) is 12.5. The Labute approximate surface area is 209 Å². The highest BCUT2D eigenvalue weighted by molar-refractivity contribution is 5.98. The van der Waals surface area contributed by atoms with E-state index in [1.165, 1.54) is 11.1 Å². The van der Waals surface area contributed by atoms with Gasteiger partial charge in [0.15, 0.2) is 5.78 Å². The molecule has 2 aromatic carbocycles. The number of hydrogen-bond donors (Lipinski definition) is 0. The van der Waals surface area contributed by atoms with Gasteiger partial charge in [0.05, 0.1) is 0 Å². The van der Waals surface area contributed by atoms with Crippen LogP contribution in [0.5, 0.6) is 0 Å². The van der Waals surface area contributed by atoms with E-state index in [9.17, 15) is 27.6 Å². The van der Waals surface area contributed by atoms with Crippen LogP contribution in [0.3, 0.4) is 0 Å². The molecule has 0 atom stereocenters. The van der Waals surface area contributed by atoms with Crippen molar-refractivity contribution in [2.45, 2.75) is 57.5 Å². The largest absolute Gasteiger partial charge is 0.471 e. The zero-order chi connectivity index (χ0) is 25.9. The maximum Gasteiger partial charge on any atom is 0.471 e. The topological polar surface area (TPSA) is 57.7 Å². The number of ketones is 1. The average molecular weight is 501 g/mol. The third kappa shape index (κ3) is 6.15. The lowest BCUT2D eigenvalue weighted by molar-refractivity contribution is -0.185. The Balaban J connectivity index is 1.28. The van der Waals surface area contributed by atoms with E-state index in [1.807, 2.05) is 4.90 Å². The Kier molecular flexibility index (Phi) is 7.81. The number of alkyl halides is 3. The molecule has 1 saturated heterocycles. The first kappa shape index (κ1) is 25.9. The van der Waals surface area contributed by atoms with Gasteiger partial charge in [-0.25, -0.2) is 0 Å². The number of carbonyl (C=O) groups excluding carboxylic acids is 3. The molecule has 4 rings (SSSR count). The molecule has 2 aliphatic rings. The van der Waals surface area contributed by atoms with Crippen molar-refractivity contribution in [3.8, 4) is 0 Å². The van der Waals surface area contributed by atoms with E-state index in [-0.39, 0.29) is 44.0 Å². The summed E-state index contributed by atoms with van der Waals surface area (Å²) in [7, 11) is 0. The first-order valence-electron chi connectivity index (χ1n) is 12.5. The summed E-state index contributed by atoms with van der Waals surface area (Å²) in [5.74, 6) is -1.57. The van der Waals surface area contributed by atoms with E-state index in [0.29, 0.717) is 31.0 Å². The van der Waals surface area contributed by atoms with Crippen LogP contribution in [0.15, 0.2) is 42.5 Å². The van der Waals surface area contributed by atoms with Crippen LogP contribution in [-0.4, -0.2) is 59.8 Å². The highest BCUT2D eigenvalue weighted by Crippen LogP contribution is 2.29. The summed E-state index contributed by atoms with van der Waals surface area (Å²) in [5.41, 5.74) is 4.62. The zero-order valence-corrected chi connectivity index (χ0v) is 20.4. The van der Waals surface area contributed by atoms with Gasteiger partial charge in [-0.1, -0.05) is 42.0 Å². The van der Waals surface area contributed by atoms with E-state index in [0.717, 1.165) is 28.9 Å². The molecule has 0 radical (unpaired) electrons. The number of aryl methyl sites for hydroxylation is 1. The number of Topliss-reactive ketones (excluding diaryl/α,β-unsaturated/α-hetero) is 1. The molecule has 2 amide bonds. The van der Waals surface area contributed by atoms with E-state index < -0.39 is 12.1 Å². The Hall–Kier alpha value is -3.16. The smallest absolute Gasteiger partial charge is 0.343 e. The molecule has 2 aliphatic heterocycles. The molecule has 0 bridgehead atoms. The van der Waals surface area contributed by atoms with Gasteiger partial charge in [-0.05, 0) is 61.3 Å². The minimum absolute atomic E-state index is 0.00624. The van der Waals surface area contributed by atoms with Gasteiger partial charge in [-0.15, -0.1) is 0 Å². The van der Waals surface area contributed by atoms with Crippen LogP contribution in [0.25, 0.3) is 0 Å². The van der Waals surface area contributed by atoms with Gasteiger partial charge < -0.3 is 9.80 Å². The van der Waals surface area contributed by atoms with Crippen molar-refractivity contribution in [1.82, 2.24) is 9.80 Å². The van der Waals surface area contributed by atoms with Crippen molar-refractivity contribution < 1.29 is 27.6 Å². The number of carbonyl (C=O) groups is 3. The molecular formula is C28H31F3N2O3. The van der Waals surface area contributed by atoms with Gasteiger partial charge >= 0.3 is 12.1 Å². The van der Waals surface area contributed by atoms with Gasteiger partial charge in [0.25, 0.3) is 0 Å². The summed E-state index contributed by atoms with van der Waals surface area (Å²) >= 11 is 0. The Morgan fingerprint density at radius 3 is 2.22 bits per heavy atom. The van der Waals surface area contributed by atoms with Crippen LogP contribution < -0.4 is 0 Å². The third-order valence-corrected chi connectivity index (χ3v) is 7.29. The summed E-state index contributed by atoms with van der Waals surface area (Å²) in [4.78, 5) is 39.8. The van der Waals surface area contributed by atoms with Crippen molar-refractivity contribution in [2.75, 3.05) is 26.2 Å². The summed E-state index contributed by atoms with van der Waals surface area (Å²) in [5, 5.41) is 0. The molecule has 0 N–H and O–H groups in total. The highest BCUT2D eigenvalue weighted by atomic mass is 19.4. The second kappa shape index (κ2) is 10.8. The fourth-order valence-corrected chi connectivity index (χ4v) is 5.19. The summed E-state index contributed by atoms with van der Waals surface area (Å²) in [6, 6.07) is 13.6. The van der Waals surface area contributed by atoms with Gasteiger partial charge in [0.1, 0.15) is 0 Å². The second-order valence-electron chi connectivity index (χ2n) is 9.77. The van der Waals surface area contributed by atoms with E-state index in [2.05, 4.69) is 31.2 Å². The van der Waals surface area contributed by atoms with Crippen LogP contribution in [0.2, 0.25) is 0 Å². The SMILES string of the molecule is Cc1cccc(C2CCN(C(=O)CCC(=O)c3ccc4c(c3)CCN(C(=O)C(F)(F)F)CC4)CC2)c1. The monoisotopic (exact) mass is 500 g/mol. The minimum atomic E-state index is -4.89. The number of piperidine rings is 1. The fourth-order valence-electron chi connectivity index (χ4n) is 5.19. The van der Waals surface area contributed by atoms with Crippen LogP contribution in [0.1, 0.15) is 64.2 Å². The number of fused-ring (bicyclic) bond motifs is 1. The van der Waals surface area contributed by atoms with Gasteiger partial charge in [-0.2, -0.15) is 13.2 Å². The molecule has 0 aromatic heterocycles. The number of nitrogens with zero attached hydrogens (tertiary/aromatic N) is 2. The van der Waals surface area contributed by atoms with Gasteiger partial charge in [0.2, 0.25) is 5.91 Å². The molecule has 2 aromatic rings. The molecule has 36 heavy (non-hydrogen) atoms. The fraction of sp³-hybridized carbons (Fsp3) is 0.464. The average Bonchev–Trinajstić information content (AvgIpc) is 3.08. The van der Waals surface area contributed by atoms with Crippen LogP contribution in [0.4, 0.5) is 13.2 Å². The van der Waals surface area contributed by atoms with Crippen molar-refractivity contribution in [2.24, 2.45) is 0 Å². The molecular weight excluding hydrogens is 469 g/mol. The van der Waals surface area contributed by atoms with Gasteiger partial charge in [-0.3, -0.25) is 14.4 Å². The molecule has 8 heteroatoms. The molecule has 2 heterocycles. The second-order valence-corrected chi connectivity index (χ2v) is 9.77. The predicted molar refractivity (Wildman–Crippen MR) is 130 cm³/mol. The van der Waals surface area contributed by atoms with Crippen molar-refractivity contribution in [3.63, 3.8) is 0 Å². The molecule has 0 aliphatic carbocycles. The van der Waals surface area contributed by atoms with Crippen LogP contribution >= 0.6 is 0 Å². The number of halogens is 3. The third-order valence-electron chi connectivity index (χ3n) is 7.29. The maximum absolute atomic E-state index is 12.8. The van der Waals surface area contributed by atoms with E-state index in [4.69, 9.17) is 0 Å². The number of benzene rings is 2. The lowest BCUT2D eigenvalue weighted by atomic mass is 9.88. The van der Waals surface area contributed by atoms with Crippen molar-refractivity contribution in [1.29, 1.82) is 0 Å². The summed E-state index contributed by atoms with van der Waals surface area (Å²) in [6.45, 7) is 3.38. The van der Waals surface area contributed by atoms with Crippen molar-refractivity contribution in [3.05, 3.63) is 70.3 Å². The molecule has 5 nitrogen and oxygen atoms in total. The lowest BCUT2D eigenvalue weighted by Gasteiger charge is -2.32. The van der Waals surface area contributed by atoms with E-state index in [1.54, 1.807) is 18.2 Å². The molecule has 0 unspecified atom stereocenters. The van der Waals surface area contributed by atoms with Crippen molar-refractivity contribution >= 4 is 17.6 Å². The molecule has 1 fully saturated rings. The molecule has 0 saturated carbocycles. The lowest BCUT2D eigenvalue weighted by Crippen LogP contribution is -2.42.